The van der Waals surface area contributed by atoms with Gasteiger partial charge < -0.3 is 27.5 Å². The molecule has 8 heavy (non-hydrogen) atoms. The van der Waals surface area contributed by atoms with Crippen LogP contribution in [0.2, 0.25) is 0 Å². The van der Waals surface area contributed by atoms with E-state index in [2.05, 4.69) is 11.5 Å². The number of nitrogens with two attached hydrogens (primary N) is 2. The van der Waals surface area contributed by atoms with Crippen molar-refractivity contribution in [2.75, 3.05) is 7.11 Å². The van der Waals surface area contributed by atoms with Crippen molar-refractivity contribution in [3.63, 3.8) is 0 Å². The maximum Gasteiger partial charge on any atom is 0.183 e. The summed E-state index contributed by atoms with van der Waals surface area (Å²) in [6.07, 6.45) is 0. The third-order valence-electron chi connectivity index (χ3n) is 0. The van der Waals surface area contributed by atoms with Crippen molar-refractivity contribution in [2.45, 2.75) is 0 Å². The fourth-order valence-electron chi connectivity index (χ4n) is 0. The molecule has 0 radical (unpaired) electrons. The van der Waals surface area contributed by atoms with Crippen molar-refractivity contribution >= 4 is 5.96 Å². The zero-order chi connectivity index (χ0) is 5.58. The molecule has 0 heterocycles. The third-order valence-corrected chi connectivity index (χ3v) is 0. The van der Waals surface area contributed by atoms with Crippen LogP contribution in [0.5, 0.6) is 0 Å². The van der Waals surface area contributed by atoms with Crippen molar-refractivity contribution in [1.29, 1.82) is 5.41 Å². The zero-order valence-corrected chi connectivity index (χ0v) is 4.60. The smallest absolute Gasteiger partial charge is 0.183 e. The summed E-state index contributed by atoms with van der Waals surface area (Å²) >= 11 is 0. The molecule has 0 aliphatic rings. The number of aliphatic hydroxyl groups excluding tert-OH is 1. The van der Waals surface area contributed by atoms with E-state index in [4.69, 9.17) is 10.5 Å². The van der Waals surface area contributed by atoms with Crippen LogP contribution < -0.4 is 11.5 Å². The summed E-state index contributed by atoms with van der Waals surface area (Å²) < 4.78 is 0. The summed E-state index contributed by atoms with van der Waals surface area (Å²) in [6.45, 7) is 0. The molecule has 6 nitrogen and oxygen atoms in total. The van der Waals surface area contributed by atoms with Gasteiger partial charge in [-0.1, -0.05) is 0 Å². The number of hydrogen-bond acceptors (Lipinski definition) is 2. The summed E-state index contributed by atoms with van der Waals surface area (Å²) in [5, 5.41) is 13.1. The quantitative estimate of drug-likeness (QED) is 0.199. The summed E-state index contributed by atoms with van der Waals surface area (Å²) in [7, 11) is 1.00. The monoisotopic (exact) mass is 127 g/mol. The van der Waals surface area contributed by atoms with E-state index in [0.717, 1.165) is 7.11 Å². The van der Waals surface area contributed by atoms with Crippen LogP contribution in [0, 0.1) is 5.41 Å². The maximum absolute atomic E-state index is 7.00. The molecule has 0 spiro atoms. The lowest BCUT2D eigenvalue weighted by molar-refractivity contribution is 0.399. The van der Waals surface area contributed by atoms with Crippen LogP contribution in [-0.4, -0.2) is 29.1 Å². The summed E-state index contributed by atoms with van der Waals surface area (Å²) in [5.41, 5.74) is 8.94. The lowest BCUT2D eigenvalue weighted by Gasteiger charge is -1.69. The van der Waals surface area contributed by atoms with Crippen LogP contribution in [0.3, 0.4) is 0 Å². The van der Waals surface area contributed by atoms with Crippen LogP contribution in [0.15, 0.2) is 0 Å². The van der Waals surface area contributed by atoms with E-state index in [0.29, 0.717) is 0 Å². The second kappa shape index (κ2) is 35.3. The van der Waals surface area contributed by atoms with Gasteiger partial charge in [-0.15, -0.1) is 0 Å². The molecule has 0 saturated heterocycles. The molecule has 10 N–H and O–H groups in total. The SMILES string of the molecule is CO.N=C(N)N.O.O. The molecular weight excluding hydrogens is 114 g/mol. The highest BCUT2D eigenvalue weighted by Gasteiger charge is 1.52. The van der Waals surface area contributed by atoms with E-state index in [-0.39, 0.29) is 16.9 Å². The normalized spacial score (nSPS) is 3.75. The number of rotatable bonds is 0. The molecule has 0 rings (SSSR count). The molecule has 0 unspecified atom stereocenters. The fraction of sp³-hybridized carbons (Fsp3) is 0.500. The Hall–Kier alpha value is -0.850. The molecule has 6 heteroatoms. The molecule has 0 aromatic carbocycles. The van der Waals surface area contributed by atoms with E-state index in [9.17, 15) is 0 Å². The molecule has 54 valence electrons. The molecule has 0 bridgehead atoms. The van der Waals surface area contributed by atoms with Crippen molar-refractivity contribution in [3.05, 3.63) is 0 Å². The molecule has 0 amide bonds. The Morgan fingerprint density at radius 1 is 1.25 bits per heavy atom. The van der Waals surface area contributed by atoms with E-state index >= 15 is 0 Å². The van der Waals surface area contributed by atoms with Crippen LogP contribution in [0.25, 0.3) is 0 Å². The van der Waals surface area contributed by atoms with Crippen LogP contribution in [0.1, 0.15) is 0 Å². The first kappa shape index (κ1) is 27.3. The lowest BCUT2D eigenvalue weighted by Crippen LogP contribution is -2.20. The Morgan fingerprint density at radius 3 is 1.25 bits per heavy atom. The molecule has 0 aromatic rings. The highest BCUT2D eigenvalue weighted by Crippen LogP contribution is 1.13. The van der Waals surface area contributed by atoms with Gasteiger partial charge >= 0.3 is 0 Å². The number of nitrogens with one attached hydrogen (secondary N) is 1. The van der Waals surface area contributed by atoms with Gasteiger partial charge in [-0.3, -0.25) is 5.41 Å². The van der Waals surface area contributed by atoms with Crippen LogP contribution in [0.4, 0.5) is 0 Å². The minimum Gasteiger partial charge on any atom is -0.412 e. The topological polar surface area (TPSA) is 159 Å². The van der Waals surface area contributed by atoms with Crippen LogP contribution in [-0.2, 0) is 0 Å². The van der Waals surface area contributed by atoms with Gasteiger partial charge in [0, 0.05) is 7.11 Å². The van der Waals surface area contributed by atoms with E-state index in [1.54, 1.807) is 0 Å². The van der Waals surface area contributed by atoms with Crippen molar-refractivity contribution in [3.8, 4) is 0 Å². The number of aliphatic hydroxyl groups is 1. The average Bonchev–Trinajstić information content (AvgIpc) is 1.41. The Morgan fingerprint density at radius 2 is 1.25 bits per heavy atom. The first-order chi connectivity index (χ1) is 2.73. The van der Waals surface area contributed by atoms with Crippen molar-refractivity contribution in [2.24, 2.45) is 11.5 Å². The van der Waals surface area contributed by atoms with Crippen LogP contribution >= 0.6 is 0 Å². The Bertz CT molecular complexity index is 35.5. The van der Waals surface area contributed by atoms with E-state index in [1.807, 2.05) is 0 Å². The van der Waals surface area contributed by atoms with E-state index < -0.39 is 0 Å². The Balaban J connectivity index is -0.0000000183. The predicted octanol–water partition coefficient (Wildman–Crippen LogP) is -3.20. The number of hydrogen-bond donors (Lipinski definition) is 4. The molecule has 0 saturated carbocycles. The lowest BCUT2D eigenvalue weighted by atomic mass is 11.1. The molecular formula is C2H13N3O3. The van der Waals surface area contributed by atoms with Gasteiger partial charge in [0.15, 0.2) is 5.96 Å². The zero-order valence-electron chi connectivity index (χ0n) is 4.60. The second-order valence-electron chi connectivity index (χ2n) is 0.455. The second-order valence-corrected chi connectivity index (χ2v) is 0.455. The maximum atomic E-state index is 7.00. The fourth-order valence-corrected chi connectivity index (χ4v) is 0. The molecule has 0 aliphatic carbocycles. The van der Waals surface area contributed by atoms with Gasteiger partial charge in [0.05, 0.1) is 0 Å². The van der Waals surface area contributed by atoms with Gasteiger partial charge in [-0.05, 0) is 0 Å². The highest BCUT2D eigenvalue weighted by molar-refractivity contribution is 5.71. The molecule has 0 aromatic heterocycles. The van der Waals surface area contributed by atoms with E-state index in [1.165, 1.54) is 0 Å². The first-order valence-electron chi connectivity index (χ1n) is 1.27. The minimum atomic E-state index is -0.333. The first-order valence-corrected chi connectivity index (χ1v) is 1.27. The van der Waals surface area contributed by atoms with Gasteiger partial charge in [0.25, 0.3) is 0 Å². The van der Waals surface area contributed by atoms with Gasteiger partial charge in [0.2, 0.25) is 0 Å². The summed E-state index contributed by atoms with van der Waals surface area (Å²) in [5.74, 6) is -0.333. The van der Waals surface area contributed by atoms with Gasteiger partial charge in [-0.2, -0.15) is 0 Å². The largest absolute Gasteiger partial charge is 0.412 e. The van der Waals surface area contributed by atoms with Crippen molar-refractivity contribution in [1.82, 2.24) is 0 Å². The predicted molar refractivity (Wildman–Crippen MR) is 31.5 cm³/mol. The Kier molecular flexibility index (Phi) is 120. The Labute approximate surface area is 47.2 Å². The highest BCUT2D eigenvalue weighted by atomic mass is 16.2. The number of guanidine groups is 1. The van der Waals surface area contributed by atoms with Gasteiger partial charge in [-0.25, -0.2) is 0 Å². The van der Waals surface area contributed by atoms with Gasteiger partial charge in [0.1, 0.15) is 0 Å². The molecule has 0 fully saturated rings. The standard InChI is InChI=1S/CH5N3.CH4O.2H2O/c2-1(3)4;1-2;;/h(H5,2,3,4);2H,1H3;2*1H2. The van der Waals surface area contributed by atoms with Crippen molar-refractivity contribution < 1.29 is 16.1 Å². The third kappa shape index (κ3) is 123. The minimum absolute atomic E-state index is 0. The molecule has 0 aliphatic heterocycles. The summed E-state index contributed by atoms with van der Waals surface area (Å²) in [6, 6.07) is 0. The average molecular weight is 127 g/mol. The summed E-state index contributed by atoms with van der Waals surface area (Å²) in [4.78, 5) is 0. The molecule has 0 atom stereocenters.